The first-order valence-electron chi connectivity index (χ1n) is 9.71. The second kappa shape index (κ2) is 6.68. The molecule has 0 aromatic carbocycles. The van der Waals surface area contributed by atoms with Crippen LogP contribution in [0.1, 0.15) is 60.8 Å². The van der Waals surface area contributed by atoms with Gasteiger partial charge in [0.05, 0.1) is 32.0 Å². The number of nitrogens with zero attached hydrogens (tertiary/aromatic N) is 4. The number of rotatable bonds is 2. The maximum Gasteiger partial charge on any atom is 0.274 e. The molecular formula is C19H28N4O3. The van der Waals surface area contributed by atoms with Gasteiger partial charge in [-0.2, -0.15) is 5.10 Å². The molecule has 0 atom stereocenters. The summed E-state index contributed by atoms with van der Waals surface area (Å²) in [4.78, 5) is 29.8. The van der Waals surface area contributed by atoms with Gasteiger partial charge in [0, 0.05) is 31.1 Å². The minimum absolute atomic E-state index is 0.0386. The highest BCUT2D eigenvalue weighted by molar-refractivity contribution is 5.94. The minimum atomic E-state index is -0.248. The molecule has 2 amide bonds. The zero-order chi connectivity index (χ0) is 18.3. The Kier molecular flexibility index (Phi) is 4.50. The second-order valence-electron chi connectivity index (χ2n) is 8.08. The predicted molar refractivity (Wildman–Crippen MR) is 95.4 cm³/mol. The fraction of sp³-hybridized carbons (Fsp3) is 0.737. The van der Waals surface area contributed by atoms with Gasteiger partial charge < -0.3 is 14.5 Å². The lowest BCUT2D eigenvalue weighted by Gasteiger charge is -2.35. The van der Waals surface area contributed by atoms with Crippen molar-refractivity contribution in [3.63, 3.8) is 0 Å². The van der Waals surface area contributed by atoms with Crippen LogP contribution in [0.15, 0.2) is 0 Å². The molecule has 2 fully saturated rings. The normalized spacial score (nSPS) is 22.4. The van der Waals surface area contributed by atoms with Gasteiger partial charge in [0.25, 0.3) is 5.91 Å². The Morgan fingerprint density at radius 2 is 1.73 bits per heavy atom. The van der Waals surface area contributed by atoms with Gasteiger partial charge in [0.15, 0.2) is 5.69 Å². The summed E-state index contributed by atoms with van der Waals surface area (Å²) in [5, 5.41) is 4.48. The monoisotopic (exact) mass is 360 g/mol. The average molecular weight is 360 g/mol. The van der Waals surface area contributed by atoms with E-state index in [0.29, 0.717) is 45.1 Å². The highest BCUT2D eigenvalue weighted by atomic mass is 16.5. The molecule has 0 spiro atoms. The smallest absolute Gasteiger partial charge is 0.274 e. The van der Waals surface area contributed by atoms with E-state index >= 15 is 0 Å². The maximum absolute atomic E-state index is 13.2. The summed E-state index contributed by atoms with van der Waals surface area (Å²) in [6.45, 7) is 5.52. The molecule has 1 aromatic rings. The molecule has 1 aromatic heterocycles. The summed E-state index contributed by atoms with van der Waals surface area (Å²) >= 11 is 0. The molecule has 3 aliphatic rings. The van der Waals surface area contributed by atoms with Gasteiger partial charge in [-0.25, -0.2) is 0 Å². The Labute approximate surface area is 154 Å². The first kappa shape index (κ1) is 17.5. The highest BCUT2D eigenvalue weighted by Crippen LogP contribution is 2.39. The molecule has 1 saturated carbocycles. The van der Waals surface area contributed by atoms with Crippen molar-refractivity contribution in [2.75, 3.05) is 26.3 Å². The van der Waals surface area contributed by atoms with Crippen molar-refractivity contribution in [3.05, 3.63) is 17.0 Å². The summed E-state index contributed by atoms with van der Waals surface area (Å²) in [6.07, 6.45) is 5.43. The molecule has 7 heteroatoms. The highest BCUT2D eigenvalue weighted by Gasteiger charge is 2.41. The largest absolute Gasteiger partial charge is 0.378 e. The van der Waals surface area contributed by atoms with Crippen LogP contribution in [0.4, 0.5) is 0 Å². The van der Waals surface area contributed by atoms with E-state index in [0.717, 1.165) is 36.9 Å². The van der Waals surface area contributed by atoms with E-state index in [2.05, 4.69) is 12.0 Å². The Morgan fingerprint density at radius 1 is 1.04 bits per heavy atom. The van der Waals surface area contributed by atoms with Crippen LogP contribution in [0.25, 0.3) is 0 Å². The van der Waals surface area contributed by atoms with Gasteiger partial charge in [0.2, 0.25) is 5.91 Å². The van der Waals surface area contributed by atoms with Crippen LogP contribution >= 0.6 is 0 Å². The summed E-state index contributed by atoms with van der Waals surface area (Å²) in [5.41, 5.74) is 2.18. The van der Waals surface area contributed by atoms with Crippen LogP contribution in [0.2, 0.25) is 0 Å². The summed E-state index contributed by atoms with van der Waals surface area (Å²) in [7, 11) is 1.87. The third-order valence-electron chi connectivity index (χ3n) is 6.23. The number of carbonyl (C=O) groups excluding carboxylic acids is 2. The molecule has 0 bridgehead atoms. The van der Waals surface area contributed by atoms with Gasteiger partial charge in [-0.3, -0.25) is 14.3 Å². The Balaban J connectivity index is 1.54. The van der Waals surface area contributed by atoms with Gasteiger partial charge in [0.1, 0.15) is 0 Å². The van der Waals surface area contributed by atoms with Crippen LogP contribution in [0.3, 0.4) is 0 Å². The first-order chi connectivity index (χ1) is 12.5. The average Bonchev–Trinajstić information content (AvgIpc) is 3.22. The number of amides is 2. The topological polar surface area (TPSA) is 67.7 Å². The lowest BCUT2D eigenvalue weighted by molar-refractivity contribution is -0.143. The number of fused-ring (bicyclic) bond motifs is 1. The van der Waals surface area contributed by atoms with E-state index in [1.165, 1.54) is 6.42 Å². The molecule has 3 heterocycles. The number of hydrogen-bond donors (Lipinski definition) is 0. The SMILES string of the molecule is Cn1nc(C(=O)N2CCOCC2)c2c1CN(C(=O)C1(C)CCCCC1)C2. The van der Waals surface area contributed by atoms with E-state index in [1.807, 2.05) is 11.9 Å². The predicted octanol–water partition coefficient (Wildman–Crippen LogP) is 1.71. The van der Waals surface area contributed by atoms with Gasteiger partial charge in [-0.05, 0) is 12.8 Å². The summed E-state index contributed by atoms with van der Waals surface area (Å²) in [5.74, 6) is 0.196. The quantitative estimate of drug-likeness (QED) is 0.805. The van der Waals surface area contributed by atoms with Gasteiger partial charge >= 0.3 is 0 Å². The van der Waals surface area contributed by atoms with Crippen LogP contribution in [-0.2, 0) is 29.7 Å². The number of aromatic nitrogens is 2. The zero-order valence-electron chi connectivity index (χ0n) is 15.8. The van der Waals surface area contributed by atoms with Crippen LogP contribution in [-0.4, -0.2) is 57.7 Å². The van der Waals surface area contributed by atoms with Crippen LogP contribution < -0.4 is 0 Å². The number of aryl methyl sites for hydroxylation is 1. The standard InChI is InChI=1S/C19H28N4O3/c1-19(6-4-3-5-7-19)18(25)23-12-14-15(13-23)21(2)20-16(14)17(24)22-8-10-26-11-9-22/h3-13H2,1-2H3. The summed E-state index contributed by atoms with van der Waals surface area (Å²) in [6, 6.07) is 0. The van der Waals surface area contributed by atoms with E-state index in [1.54, 1.807) is 9.58 Å². The number of morpholine rings is 1. The Bertz CT molecular complexity index is 715. The minimum Gasteiger partial charge on any atom is -0.378 e. The third kappa shape index (κ3) is 2.92. The fourth-order valence-electron chi connectivity index (χ4n) is 4.55. The molecule has 26 heavy (non-hydrogen) atoms. The van der Waals surface area contributed by atoms with Crippen molar-refractivity contribution in [1.29, 1.82) is 0 Å². The molecule has 0 unspecified atom stereocenters. The van der Waals surface area contributed by atoms with E-state index in [9.17, 15) is 9.59 Å². The van der Waals surface area contributed by atoms with E-state index < -0.39 is 0 Å². The van der Waals surface area contributed by atoms with Crippen LogP contribution in [0, 0.1) is 5.41 Å². The van der Waals surface area contributed by atoms with Crippen molar-refractivity contribution in [3.8, 4) is 0 Å². The van der Waals surface area contributed by atoms with Gasteiger partial charge in [-0.15, -0.1) is 0 Å². The van der Waals surface area contributed by atoms with Gasteiger partial charge in [-0.1, -0.05) is 26.2 Å². The number of ether oxygens (including phenoxy) is 1. The number of carbonyl (C=O) groups is 2. The molecule has 4 rings (SSSR count). The molecule has 2 aliphatic heterocycles. The van der Waals surface area contributed by atoms with Crippen molar-refractivity contribution in [1.82, 2.24) is 19.6 Å². The zero-order valence-corrected chi connectivity index (χ0v) is 15.8. The lowest BCUT2D eigenvalue weighted by Crippen LogP contribution is -2.42. The molecule has 7 nitrogen and oxygen atoms in total. The van der Waals surface area contributed by atoms with Crippen molar-refractivity contribution in [2.24, 2.45) is 12.5 Å². The molecular weight excluding hydrogens is 332 g/mol. The molecule has 1 aliphatic carbocycles. The third-order valence-corrected chi connectivity index (χ3v) is 6.23. The Morgan fingerprint density at radius 3 is 2.42 bits per heavy atom. The molecule has 1 saturated heterocycles. The second-order valence-corrected chi connectivity index (χ2v) is 8.08. The van der Waals surface area contributed by atoms with Crippen molar-refractivity contribution in [2.45, 2.75) is 52.1 Å². The number of hydrogen-bond acceptors (Lipinski definition) is 4. The molecule has 142 valence electrons. The van der Waals surface area contributed by atoms with Crippen molar-refractivity contribution >= 4 is 11.8 Å². The fourth-order valence-corrected chi connectivity index (χ4v) is 4.55. The van der Waals surface area contributed by atoms with E-state index in [4.69, 9.17) is 4.74 Å². The van der Waals surface area contributed by atoms with Crippen LogP contribution in [0.5, 0.6) is 0 Å². The lowest BCUT2D eigenvalue weighted by atomic mass is 9.74. The summed E-state index contributed by atoms with van der Waals surface area (Å²) < 4.78 is 7.12. The Hall–Kier alpha value is -1.89. The van der Waals surface area contributed by atoms with E-state index in [-0.39, 0.29) is 17.2 Å². The first-order valence-corrected chi connectivity index (χ1v) is 9.71. The molecule has 0 radical (unpaired) electrons. The molecule has 0 N–H and O–H groups in total. The van der Waals surface area contributed by atoms with Crippen molar-refractivity contribution < 1.29 is 14.3 Å². The maximum atomic E-state index is 13.2.